The van der Waals surface area contributed by atoms with E-state index < -0.39 is 5.91 Å². The lowest BCUT2D eigenvalue weighted by Crippen LogP contribution is -2.46. The van der Waals surface area contributed by atoms with Gasteiger partial charge in [-0.15, -0.1) is 0 Å². The lowest BCUT2D eigenvalue weighted by molar-refractivity contribution is 0.102. The van der Waals surface area contributed by atoms with E-state index in [1.165, 1.54) is 55.2 Å². The average molecular weight is 479 g/mol. The van der Waals surface area contributed by atoms with Gasteiger partial charge in [-0.2, -0.15) is 0 Å². The number of pyridine rings is 1. The molecule has 0 bridgehead atoms. The van der Waals surface area contributed by atoms with E-state index in [2.05, 4.69) is 15.1 Å². The highest BCUT2D eigenvalue weighted by Gasteiger charge is 2.32. The van der Waals surface area contributed by atoms with Gasteiger partial charge in [0.15, 0.2) is 0 Å². The predicted octanol–water partition coefficient (Wildman–Crippen LogP) is 4.44. The SMILES string of the molecule is Cc1c(CN2CCN(C(=C3CC3)C3CCCC3)CC2)cc(F)cc1NC(=O)c1ccn(C)c(=O)c1. The van der Waals surface area contributed by atoms with Crippen molar-refractivity contribution in [2.75, 3.05) is 31.5 Å². The van der Waals surface area contributed by atoms with Gasteiger partial charge in [0.05, 0.1) is 0 Å². The van der Waals surface area contributed by atoms with Crippen LogP contribution in [0.25, 0.3) is 0 Å². The van der Waals surface area contributed by atoms with Gasteiger partial charge in [0.25, 0.3) is 11.5 Å². The Balaban J connectivity index is 1.25. The highest BCUT2D eigenvalue weighted by molar-refractivity contribution is 6.04. The fourth-order valence-corrected chi connectivity index (χ4v) is 5.59. The van der Waals surface area contributed by atoms with Gasteiger partial charge >= 0.3 is 0 Å². The van der Waals surface area contributed by atoms with Crippen molar-refractivity contribution in [1.82, 2.24) is 14.4 Å². The van der Waals surface area contributed by atoms with E-state index >= 15 is 0 Å². The van der Waals surface area contributed by atoms with Gasteiger partial charge in [0.2, 0.25) is 0 Å². The summed E-state index contributed by atoms with van der Waals surface area (Å²) in [6.07, 6.45) is 9.51. The van der Waals surface area contributed by atoms with Crippen LogP contribution in [0.2, 0.25) is 0 Å². The second-order valence-electron chi connectivity index (χ2n) is 10.3. The van der Waals surface area contributed by atoms with Crippen LogP contribution in [-0.4, -0.2) is 46.5 Å². The Kier molecular flexibility index (Phi) is 6.78. The molecule has 186 valence electrons. The Bertz CT molecular complexity index is 1200. The van der Waals surface area contributed by atoms with E-state index in [4.69, 9.17) is 0 Å². The number of rotatable bonds is 6. The van der Waals surface area contributed by atoms with Crippen molar-refractivity contribution in [3.63, 3.8) is 0 Å². The normalized spacial score (nSPS) is 18.7. The predicted molar refractivity (Wildman–Crippen MR) is 136 cm³/mol. The molecule has 3 aliphatic rings. The molecular formula is C28H35FN4O2. The van der Waals surface area contributed by atoms with E-state index in [-0.39, 0.29) is 16.9 Å². The number of amides is 1. The van der Waals surface area contributed by atoms with Crippen LogP contribution in [0, 0.1) is 18.7 Å². The first kappa shape index (κ1) is 23.8. The van der Waals surface area contributed by atoms with Crippen LogP contribution in [0.1, 0.15) is 60.0 Å². The topological polar surface area (TPSA) is 57.6 Å². The smallest absolute Gasteiger partial charge is 0.255 e. The minimum absolute atomic E-state index is 0.261. The first-order valence-corrected chi connectivity index (χ1v) is 12.9. The summed E-state index contributed by atoms with van der Waals surface area (Å²) in [5.41, 5.74) is 5.53. The highest BCUT2D eigenvalue weighted by Crippen LogP contribution is 2.42. The zero-order valence-corrected chi connectivity index (χ0v) is 20.8. The van der Waals surface area contributed by atoms with Crippen LogP contribution in [0.3, 0.4) is 0 Å². The van der Waals surface area contributed by atoms with Gasteiger partial charge in [-0.05, 0) is 67.9 Å². The molecule has 0 radical (unpaired) electrons. The van der Waals surface area contributed by atoms with Crippen LogP contribution < -0.4 is 10.9 Å². The number of nitrogens with one attached hydrogen (secondary N) is 1. The third-order valence-corrected chi connectivity index (χ3v) is 7.81. The second kappa shape index (κ2) is 9.97. The molecular weight excluding hydrogens is 443 g/mol. The Labute approximate surface area is 206 Å². The van der Waals surface area contributed by atoms with Crippen LogP contribution in [0.4, 0.5) is 10.1 Å². The zero-order valence-electron chi connectivity index (χ0n) is 20.8. The van der Waals surface area contributed by atoms with Gasteiger partial charge in [0.1, 0.15) is 5.82 Å². The van der Waals surface area contributed by atoms with Crippen LogP contribution in [0.5, 0.6) is 0 Å². The zero-order chi connectivity index (χ0) is 24.5. The van der Waals surface area contributed by atoms with Crippen LogP contribution in [0.15, 0.2) is 46.5 Å². The second-order valence-corrected chi connectivity index (χ2v) is 10.3. The molecule has 1 aromatic heterocycles. The summed E-state index contributed by atoms with van der Waals surface area (Å²) < 4.78 is 15.9. The maximum atomic E-state index is 14.5. The van der Waals surface area contributed by atoms with Crippen molar-refractivity contribution in [2.45, 2.75) is 52.0 Å². The molecule has 5 rings (SSSR count). The van der Waals surface area contributed by atoms with E-state index in [0.717, 1.165) is 43.2 Å². The quantitative estimate of drug-likeness (QED) is 0.667. The fourth-order valence-electron chi connectivity index (χ4n) is 5.59. The van der Waals surface area contributed by atoms with Crippen LogP contribution >= 0.6 is 0 Å². The Hall–Kier alpha value is -2.93. The van der Waals surface area contributed by atoms with Gasteiger partial charge in [-0.1, -0.05) is 18.4 Å². The van der Waals surface area contributed by atoms with Crippen molar-refractivity contribution in [3.8, 4) is 0 Å². The highest BCUT2D eigenvalue weighted by atomic mass is 19.1. The first-order chi connectivity index (χ1) is 16.9. The molecule has 2 heterocycles. The number of aryl methyl sites for hydroxylation is 1. The number of benzene rings is 1. The van der Waals surface area contributed by atoms with E-state index in [9.17, 15) is 14.0 Å². The molecule has 0 unspecified atom stereocenters. The summed E-state index contributed by atoms with van der Waals surface area (Å²) in [5, 5.41) is 2.80. The third-order valence-electron chi connectivity index (χ3n) is 7.81. The van der Waals surface area contributed by atoms with Gasteiger partial charge in [-0.25, -0.2) is 4.39 Å². The summed E-state index contributed by atoms with van der Waals surface area (Å²) in [6.45, 7) is 6.53. The number of allylic oxidation sites excluding steroid dienone is 2. The third kappa shape index (κ3) is 5.35. The molecule has 6 nitrogen and oxygen atoms in total. The number of anilines is 1. The van der Waals surface area contributed by atoms with E-state index in [0.29, 0.717) is 12.2 Å². The van der Waals surface area contributed by atoms with Crippen LogP contribution in [-0.2, 0) is 13.6 Å². The maximum Gasteiger partial charge on any atom is 0.255 e. The molecule has 1 saturated heterocycles. The Morgan fingerprint density at radius 2 is 1.80 bits per heavy atom. The molecule has 2 aliphatic carbocycles. The van der Waals surface area contributed by atoms with Crippen molar-refractivity contribution in [1.29, 1.82) is 0 Å². The monoisotopic (exact) mass is 478 g/mol. The molecule has 7 heteroatoms. The van der Waals surface area contributed by atoms with Crippen molar-refractivity contribution in [3.05, 3.63) is 74.6 Å². The number of carbonyl (C=O) groups is 1. The minimum Gasteiger partial charge on any atom is -0.372 e. The molecule has 0 atom stereocenters. The molecule has 1 aromatic carbocycles. The van der Waals surface area contributed by atoms with Gasteiger partial charge < -0.3 is 14.8 Å². The van der Waals surface area contributed by atoms with E-state index in [1.54, 1.807) is 36.6 Å². The fraction of sp³-hybridized carbons (Fsp3) is 0.500. The number of carbonyl (C=O) groups excluding carboxylic acids is 1. The molecule has 1 amide bonds. The minimum atomic E-state index is -0.413. The number of piperazine rings is 1. The number of nitrogens with zero attached hydrogens (tertiary/aromatic N) is 3. The van der Waals surface area contributed by atoms with Crippen molar-refractivity contribution >= 4 is 11.6 Å². The summed E-state index contributed by atoms with van der Waals surface area (Å²) in [6, 6.07) is 5.81. The van der Waals surface area contributed by atoms with E-state index in [1.807, 2.05) is 6.92 Å². The summed E-state index contributed by atoms with van der Waals surface area (Å²) in [4.78, 5) is 29.6. The molecule has 2 aromatic rings. The van der Waals surface area contributed by atoms with Crippen molar-refractivity contribution in [2.24, 2.45) is 13.0 Å². The molecule has 1 N–H and O–H groups in total. The number of halogens is 1. The molecule has 1 aliphatic heterocycles. The Morgan fingerprint density at radius 1 is 1.09 bits per heavy atom. The molecule has 2 saturated carbocycles. The van der Waals surface area contributed by atoms with Crippen molar-refractivity contribution < 1.29 is 9.18 Å². The molecule has 0 spiro atoms. The standard InChI is InChI=1S/C28H35FN4O2/c1-19-23(15-24(29)17-25(19)30-28(35)22-9-10-31(2)26(34)16-22)18-32-11-13-33(14-12-32)27(21-7-8-21)20-5-3-4-6-20/h9-10,15-17,20H,3-8,11-14,18H2,1-2H3,(H,30,35). The van der Waals surface area contributed by atoms with Gasteiger partial charge in [-0.3, -0.25) is 14.5 Å². The van der Waals surface area contributed by atoms with Gasteiger partial charge in [0, 0.05) is 69.0 Å². The lowest BCUT2D eigenvalue weighted by Gasteiger charge is -2.39. The number of hydrogen-bond donors (Lipinski definition) is 1. The number of aromatic nitrogens is 1. The largest absolute Gasteiger partial charge is 0.372 e. The lowest BCUT2D eigenvalue weighted by atomic mass is 10.0. The molecule has 3 fully saturated rings. The first-order valence-electron chi connectivity index (χ1n) is 12.9. The maximum absolute atomic E-state index is 14.5. The molecule has 35 heavy (non-hydrogen) atoms. The summed E-state index contributed by atoms with van der Waals surface area (Å²) >= 11 is 0. The Morgan fingerprint density at radius 3 is 2.46 bits per heavy atom. The summed E-state index contributed by atoms with van der Waals surface area (Å²) in [7, 11) is 1.63. The number of hydrogen-bond acceptors (Lipinski definition) is 4. The summed E-state index contributed by atoms with van der Waals surface area (Å²) in [5.74, 6) is -0.0190. The average Bonchev–Trinajstić information content (AvgIpc) is 3.52.